The van der Waals surface area contributed by atoms with Gasteiger partial charge in [0.05, 0.1) is 16.6 Å². The first kappa shape index (κ1) is 14.5. The van der Waals surface area contributed by atoms with Gasteiger partial charge in [0.1, 0.15) is 0 Å². The molecular weight excluding hydrogens is 360 g/mol. The number of hydrogen-bond donors (Lipinski definition) is 0. The molecule has 0 saturated carbocycles. The molecule has 0 radical (unpaired) electrons. The van der Waals surface area contributed by atoms with Gasteiger partial charge in [-0.2, -0.15) is 0 Å². The number of hydrogen-bond acceptors (Lipinski definition) is 3. The van der Waals surface area contributed by atoms with Gasteiger partial charge < -0.3 is 4.90 Å². The molecule has 3 amide bonds. The van der Waals surface area contributed by atoms with Crippen LogP contribution in [-0.4, -0.2) is 46.7 Å². The maximum atomic E-state index is 12.4. The topological polar surface area (TPSA) is 57.7 Å². The van der Waals surface area contributed by atoms with Crippen molar-refractivity contribution in [3.63, 3.8) is 0 Å². The second-order valence-electron chi connectivity index (χ2n) is 5.15. The standard InChI is InChI=1S/C14H12BrClN2O3/c15-8-1-2-11(16)10(5-8)14(21)17-6-9(7-17)18-12(19)3-4-13(18)20/h1-2,5,9H,3-4,6-7H2. The van der Waals surface area contributed by atoms with Gasteiger partial charge in [0.25, 0.3) is 5.91 Å². The third-order valence-corrected chi connectivity index (χ3v) is 4.59. The highest BCUT2D eigenvalue weighted by Crippen LogP contribution is 2.27. The lowest BCUT2D eigenvalue weighted by atomic mass is 10.0. The van der Waals surface area contributed by atoms with Gasteiger partial charge in [-0.05, 0) is 18.2 Å². The molecule has 2 fully saturated rings. The van der Waals surface area contributed by atoms with E-state index >= 15 is 0 Å². The quantitative estimate of drug-likeness (QED) is 0.748. The Morgan fingerprint density at radius 2 is 1.81 bits per heavy atom. The van der Waals surface area contributed by atoms with Crippen molar-refractivity contribution >= 4 is 45.3 Å². The van der Waals surface area contributed by atoms with Crippen molar-refractivity contribution in [1.29, 1.82) is 0 Å². The van der Waals surface area contributed by atoms with Crippen molar-refractivity contribution in [1.82, 2.24) is 9.80 Å². The van der Waals surface area contributed by atoms with Crippen LogP contribution < -0.4 is 0 Å². The first-order valence-corrected chi connectivity index (χ1v) is 7.73. The van der Waals surface area contributed by atoms with Crippen molar-refractivity contribution in [3.8, 4) is 0 Å². The molecule has 7 heteroatoms. The number of likely N-dealkylation sites (tertiary alicyclic amines) is 2. The molecular formula is C14H12BrClN2O3. The number of amides is 3. The van der Waals surface area contributed by atoms with E-state index < -0.39 is 0 Å². The molecule has 2 heterocycles. The summed E-state index contributed by atoms with van der Waals surface area (Å²) in [5.74, 6) is -0.466. The van der Waals surface area contributed by atoms with Gasteiger partial charge in [-0.1, -0.05) is 27.5 Å². The fourth-order valence-corrected chi connectivity index (χ4v) is 3.18. The Morgan fingerprint density at radius 1 is 1.19 bits per heavy atom. The summed E-state index contributed by atoms with van der Waals surface area (Å²) in [6.45, 7) is 0.748. The lowest BCUT2D eigenvalue weighted by Gasteiger charge is -2.43. The van der Waals surface area contributed by atoms with Crippen LogP contribution in [0.1, 0.15) is 23.2 Å². The number of benzene rings is 1. The van der Waals surface area contributed by atoms with Gasteiger partial charge in [0, 0.05) is 30.4 Å². The minimum atomic E-state index is -0.192. The molecule has 2 aliphatic heterocycles. The lowest BCUT2D eigenvalue weighted by molar-refractivity contribution is -0.144. The van der Waals surface area contributed by atoms with Crippen LogP contribution in [0.4, 0.5) is 0 Å². The molecule has 0 N–H and O–H groups in total. The Balaban J connectivity index is 1.68. The Bertz CT molecular complexity index is 627. The molecule has 2 aliphatic rings. The van der Waals surface area contributed by atoms with Gasteiger partial charge in [-0.25, -0.2) is 0 Å². The molecule has 1 aromatic carbocycles. The molecule has 0 bridgehead atoms. The molecule has 0 aliphatic carbocycles. The van der Waals surface area contributed by atoms with E-state index in [4.69, 9.17) is 11.6 Å². The van der Waals surface area contributed by atoms with Crippen molar-refractivity contribution in [2.24, 2.45) is 0 Å². The summed E-state index contributed by atoms with van der Waals surface area (Å²) in [5.41, 5.74) is 0.420. The van der Waals surface area contributed by atoms with Crippen LogP contribution in [0.3, 0.4) is 0 Å². The Kier molecular flexibility index (Phi) is 3.75. The maximum Gasteiger partial charge on any atom is 0.255 e. The lowest BCUT2D eigenvalue weighted by Crippen LogP contribution is -2.62. The van der Waals surface area contributed by atoms with Crippen LogP contribution in [0.2, 0.25) is 5.02 Å². The van der Waals surface area contributed by atoms with E-state index in [9.17, 15) is 14.4 Å². The fourth-order valence-electron chi connectivity index (χ4n) is 2.62. The molecule has 110 valence electrons. The molecule has 3 rings (SSSR count). The highest BCUT2D eigenvalue weighted by atomic mass is 79.9. The normalized spacial score (nSPS) is 19.1. The summed E-state index contributed by atoms with van der Waals surface area (Å²) in [4.78, 5) is 38.5. The zero-order chi connectivity index (χ0) is 15.1. The van der Waals surface area contributed by atoms with Gasteiger partial charge in [-0.3, -0.25) is 19.3 Å². The van der Waals surface area contributed by atoms with E-state index in [1.165, 1.54) is 4.90 Å². The fraction of sp³-hybridized carbons (Fsp3) is 0.357. The van der Waals surface area contributed by atoms with Crippen molar-refractivity contribution in [2.45, 2.75) is 18.9 Å². The zero-order valence-corrected chi connectivity index (χ0v) is 13.4. The van der Waals surface area contributed by atoms with E-state index in [1.54, 1.807) is 23.1 Å². The SMILES string of the molecule is O=C(c1cc(Br)ccc1Cl)N1CC(N2C(=O)CCC2=O)C1. The molecule has 0 atom stereocenters. The minimum absolute atomic E-state index is 0.141. The summed E-state index contributed by atoms with van der Waals surface area (Å²) < 4.78 is 0.775. The van der Waals surface area contributed by atoms with E-state index in [0.717, 1.165) is 4.47 Å². The average molecular weight is 372 g/mol. The van der Waals surface area contributed by atoms with Gasteiger partial charge in [0.15, 0.2) is 0 Å². The third kappa shape index (κ3) is 2.58. The third-order valence-electron chi connectivity index (χ3n) is 3.76. The van der Waals surface area contributed by atoms with Crippen LogP contribution in [0.25, 0.3) is 0 Å². The highest BCUT2D eigenvalue weighted by Gasteiger charge is 2.43. The maximum absolute atomic E-state index is 12.4. The molecule has 0 unspecified atom stereocenters. The van der Waals surface area contributed by atoms with Crippen LogP contribution in [-0.2, 0) is 9.59 Å². The summed E-state index contributed by atoms with van der Waals surface area (Å²) in [7, 11) is 0. The zero-order valence-electron chi connectivity index (χ0n) is 11.0. The summed E-state index contributed by atoms with van der Waals surface area (Å²) in [6.07, 6.45) is 0.557. The second kappa shape index (κ2) is 5.42. The van der Waals surface area contributed by atoms with Crippen molar-refractivity contribution < 1.29 is 14.4 Å². The van der Waals surface area contributed by atoms with Gasteiger partial charge >= 0.3 is 0 Å². The number of nitrogens with zero attached hydrogens (tertiary/aromatic N) is 2. The number of imide groups is 1. The smallest absolute Gasteiger partial charge is 0.255 e. The van der Waals surface area contributed by atoms with E-state index in [2.05, 4.69) is 15.9 Å². The van der Waals surface area contributed by atoms with E-state index in [0.29, 0.717) is 23.7 Å². The second-order valence-corrected chi connectivity index (χ2v) is 6.47. The Labute approximate surface area is 135 Å². The van der Waals surface area contributed by atoms with Crippen LogP contribution >= 0.6 is 27.5 Å². The van der Waals surface area contributed by atoms with Crippen LogP contribution in [0.15, 0.2) is 22.7 Å². The van der Waals surface area contributed by atoms with Crippen molar-refractivity contribution in [2.75, 3.05) is 13.1 Å². The van der Waals surface area contributed by atoms with Crippen molar-refractivity contribution in [3.05, 3.63) is 33.3 Å². The largest absolute Gasteiger partial charge is 0.334 e. The number of carbonyl (C=O) groups excluding carboxylic acids is 3. The van der Waals surface area contributed by atoms with Crippen LogP contribution in [0, 0.1) is 0 Å². The van der Waals surface area contributed by atoms with Crippen LogP contribution in [0.5, 0.6) is 0 Å². The molecule has 21 heavy (non-hydrogen) atoms. The van der Waals surface area contributed by atoms with E-state index in [1.807, 2.05) is 0 Å². The van der Waals surface area contributed by atoms with Gasteiger partial charge in [-0.15, -0.1) is 0 Å². The van der Waals surface area contributed by atoms with Gasteiger partial charge in [0.2, 0.25) is 11.8 Å². The Hall–Kier alpha value is -1.40. The summed E-state index contributed by atoms with van der Waals surface area (Å²) >= 11 is 9.35. The predicted molar refractivity (Wildman–Crippen MR) is 79.9 cm³/mol. The summed E-state index contributed by atoms with van der Waals surface area (Å²) in [5, 5.41) is 0.389. The average Bonchev–Trinajstić information content (AvgIpc) is 2.72. The van der Waals surface area contributed by atoms with E-state index in [-0.39, 0.29) is 36.6 Å². The summed E-state index contributed by atoms with van der Waals surface area (Å²) in [6, 6.07) is 4.90. The number of carbonyl (C=O) groups is 3. The Morgan fingerprint density at radius 3 is 2.43 bits per heavy atom. The highest BCUT2D eigenvalue weighted by molar-refractivity contribution is 9.10. The molecule has 2 saturated heterocycles. The number of rotatable bonds is 2. The monoisotopic (exact) mass is 370 g/mol. The first-order valence-electron chi connectivity index (χ1n) is 6.56. The molecule has 1 aromatic rings. The number of halogens is 2. The predicted octanol–water partition coefficient (Wildman–Crippen LogP) is 2.08. The molecule has 0 spiro atoms. The molecule has 5 nitrogen and oxygen atoms in total. The minimum Gasteiger partial charge on any atom is -0.334 e. The first-order chi connectivity index (χ1) is 9.97. The molecule has 0 aromatic heterocycles.